The number of fused-ring (bicyclic) bond motifs is 1. The van der Waals surface area contributed by atoms with E-state index in [9.17, 15) is 8.42 Å². The second-order valence-corrected chi connectivity index (χ2v) is 7.95. The predicted octanol–water partition coefficient (Wildman–Crippen LogP) is 1.90. The van der Waals surface area contributed by atoms with Crippen molar-refractivity contribution in [3.05, 3.63) is 36.5 Å². The van der Waals surface area contributed by atoms with E-state index in [0.29, 0.717) is 12.1 Å². The summed E-state index contributed by atoms with van der Waals surface area (Å²) in [7, 11) is -3.56. The molecule has 1 fully saturated rings. The summed E-state index contributed by atoms with van der Waals surface area (Å²) in [5.41, 5.74) is 0.532. The summed E-state index contributed by atoms with van der Waals surface area (Å²) in [6.45, 7) is 4.47. The second-order valence-electron chi connectivity index (χ2n) is 6.22. The van der Waals surface area contributed by atoms with Gasteiger partial charge in [-0.25, -0.2) is 13.1 Å². The van der Waals surface area contributed by atoms with E-state index in [1.807, 2.05) is 18.2 Å². The molecule has 2 N–H and O–H groups in total. The minimum atomic E-state index is -3.56. The Balaban J connectivity index is 1.86. The van der Waals surface area contributed by atoms with Crippen LogP contribution in [0.15, 0.2) is 41.4 Å². The zero-order valence-corrected chi connectivity index (χ0v) is 13.5. The molecule has 0 bridgehead atoms. The number of benzene rings is 1. The average Bonchev–Trinajstić information content (AvgIpc) is 2.53. The van der Waals surface area contributed by atoms with E-state index in [-0.39, 0.29) is 10.3 Å². The Bertz CT molecular complexity index is 763. The van der Waals surface area contributed by atoms with E-state index in [1.165, 1.54) is 0 Å². The number of sulfonamides is 1. The lowest BCUT2D eigenvalue weighted by Gasteiger charge is -2.34. The number of nitrogens with zero attached hydrogens (tertiary/aromatic N) is 1. The smallest absolute Gasteiger partial charge is 0.242 e. The van der Waals surface area contributed by atoms with Crippen LogP contribution in [-0.2, 0) is 10.0 Å². The summed E-state index contributed by atoms with van der Waals surface area (Å²) in [5, 5.41) is 4.14. The third kappa shape index (κ3) is 3.14. The molecule has 0 aliphatic carbocycles. The molecule has 0 radical (unpaired) electrons. The molecular weight excluding hydrogens is 298 g/mol. The molecule has 1 aromatic carbocycles. The molecule has 1 aliphatic rings. The lowest BCUT2D eigenvalue weighted by molar-refractivity contribution is 0.232. The summed E-state index contributed by atoms with van der Waals surface area (Å²) >= 11 is 0. The van der Waals surface area contributed by atoms with Gasteiger partial charge in [-0.3, -0.25) is 4.98 Å². The number of hydrogen-bond donors (Lipinski definition) is 2. The van der Waals surface area contributed by atoms with Crippen molar-refractivity contribution in [1.29, 1.82) is 0 Å². The van der Waals surface area contributed by atoms with E-state index in [1.54, 1.807) is 18.3 Å². The third-order valence-electron chi connectivity index (χ3n) is 4.38. The van der Waals surface area contributed by atoms with Gasteiger partial charge in [0.25, 0.3) is 0 Å². The summed E-state index contributed by atoms with van der Waals surface area (Å²) in [6, 6.07) is 8.92. The standard InChI is InChI=1S/C16H21N3O2S/c1-16(7-10-17-11-8-16)12-19-22(20,21)14-6-2-4-13-5-3-9-18-15(13)14/h2-6,9,17,19H,7-8,10-12H2,1H3. The van der Waals surface area contributed by atoms with E-state index in [0.717, 1.165) is 31.3 Å². The minimum absolute atomic E-state index is 0.0103. The van der Waals surface area contributed by atoms with Gasteiger partial charge >= 0.3 is 0 Å². The normalized spacial score (nSPS) is 18.4. The first kappa shape index (κ1) is 15.4. The van der Waals surface area contributed by atoms with Gasteiger partial charge in [-0.05, 0) is 43.5 Å². The highest BCUT2D eigenvalue weighted by Gasteiger charge is 2.29. The molecule has 0 unspecified atom stereocenters. The van der Waals surface area contributed by atoms with Crippen LogP contribution in [0.25, 0.3) is 10.9 Å². The number of nitrogens with one attached hydrogen (secondary N) is 2. The summed E-state index contributed by atoms with van der Waals surface area (Å²) < 4.78 is 28.1. The Hall–Kier alpha value is -1.50. The molecule has 0 spiro atoms. The maximum atomic E-state index is 12.7. The maximum absolute atomic E-state index is 12.7. The van der Waals surface area contributed by atoms with Gasteiger partial charge < -0.3 is 5.32 Å². The molecule has 2 aromatic rings. The number of rotatable bonds is 4. The second kappa shape index (κ2) is 5.95. The van der Waals surface area contributed by atoms with E-state index in [2.05, 4.69) is 21.9 Å². The maximum Gasteiger partial charge on any atom is 0.242 e. The van der Waals surface area contributed by atoms with Crippen LogP contribution in [-0.4, -0.2) is 33.0 Å². The lowest BCUT2D eigenvalue weighted by Crippen LogP contribution is -2.42. The third-order valence-corrected chi connectivity index (χ3v) is 5.82. The van der Waals surface area contributed by atoms with Gasteiger partial charge in [0.15, 0.2) is 0 Å². The Morgan fingerprint density at radius 1 is 1.23 bits per heavy atom. The molecule has 0 amide bonds. The van der Waals surface area contributed by atoms with Crippen LogP contribution >= 0.6 is 0 Å². The topological polar surface area (TPSA) is 71.1 Å². The molecule has 0 saturated carbocycles. The zero-order chi connectivity index (χ0) is 15.6. The van der Waals surface area contributed by atoms with Crippen molar-refractivity contribution in [2.45, 2.75) is 24.7 Å². The SMILES string of the molecule is CC1(CNS(=O)(=O)c2cccc3cccnc23)CCNCC1. The minimum Gasteiger partial charge on any atom is -0.317 e. The van der Waals surface area contributed by atoms with E-state index >= 15 is 0 Å². The number of piperidine rings is 1. The Morgan fingerprint density at radius 3 is 2.73 bits per heavy atom. The number of pyridine rings is 1. The Morgan fingerprint density at radius 2 is 1.95 bits per heavy atom. The van der Waals surface area contributed by atoms with Crippen molar-refractivity contribution < 1.29 is 8.42 Å². The number of para-hydroxylation sites is 1. The van der Waals surface area contributed by atoms with Gasteiger partial charge in [-0.15, -0.1) is 0 Å². The molecule has 1 aliphatic heterocycles. The fourth-order valence-corrected chi connectivity index (χ4v) is 4.22. The number of hydrogen-bond acceptors (Lipinski definition) is 4. The predicted molar refractivity (Wildman–Crippen MR) is 87.1 cm³/mol. The highest BCUT2D eigenvalue weighted by molar-refractivity contribution is 7.89. The van der Waals surface area contributed by atoms with Crippen molar-refractivity contribution >= 4 is 20.9 Å². The van der Waals surface area contributed by atoms with Crippen molar-refractivity contribution in [2.24, 2.45) is 5.41 Å². The van der Waals surface area contributed by atoms with Gasteiger partial charge in [0, 0.05) is 18.1 Å². The van der Waals surface area contributed by atoms with Crippen molar-refractivity contribution in [3.63, 3.8) is 0 Å². The van der Waals surface area contributed by atoms with Gasteiger partial charge in [0.05, 0.1) is 5.52 Å². The molecule has 22 heavy (non-hydrogen) atoms. The molecule has 1 saturated heterocycles. The molecule has 2 heterocycles. The van der Waals surface area contributed by atoms with Crippen LogP contribution < -0.4 is 10.0 Å². The molecule has 0 atom stereocenters. The van der Waals surface area contributed by atoms with Crippen LogP contribution in [0, 0.1) is 5.41 Å². The fraction of sp³-hybridized carbons (Fsp3) is 0.438. The summed E-state index contributed by atoms with van der Waals surface area (Å²) in [6.07, 6.45) is 3.57. The summed E-state index contributed by atoms with van der Waals surface area (Å²) in [5.74, 6) is 0. The fourth-order valence-electron chi connectivity index (χ4n) is 2.85. The van der Waals surface area contributed by atoms with Gasteiger partial charge in [0.1, 0.15) is 4.90 Å². The van der Waals surface area contributed by atoms with Crippen molar-refractivity contribution in [3.8, 4) is 0 Å². The molecule has 1 aromatic heterocycles. The molecule has 5 nitrogen and oxygen atoms in total. The van der Waals surface area contributed by atoms with Crippen molar-refractivity contribution in [2.75, 3.05) is 19.6 Å². The highest BCUT2D eigenvalue weighted by atomic mass is 32.2. The van der Waals surface area contributed by atoms with Crippen LogP contribution in [0.3, 0.4) is 0 Å². The van der Waals surface area contributed by atoms with Gasteiger partial charge in [-0.1, -0.05) is 25.1 Å². The Kier molecular flexibility index (Phi) is 4.16. The quantitative estimate of drug-likeness (QED) is 0.903. The van der Waals surface area contributed by atoms with Gasteiger partial charge in [0.2, 0.25) is 10.0 Å². The van der Waals surface area contributed by atoms with Crippen LogP contribution in [0.5, 0.6) is 0 Å². The first-order chi connectivity index (χ1) is 10.5. The first-order valence-corrected chi connectivity index (χ1v) is 9.03. The van der Waals surface area contributed by atoms with Crippen LogP contribution in [0.4, 0.5) is 0 Å². The molecule has 118 valence electrons. The number of aromatic nitrogens is 1. The van der Waals surface area contributed by atoms with Crippen LogP contribution in [0.2, 0.25) is 0 Å². The molecule has 6 heteroatoms. The van der Waals surface area contributed by atoms with Gasteiger partial charge in [-0.2, -0.15) is 0 Å². The van der Waals surface area contributed by atoms with E-state index < -0.39 is 10.0 Å². The Labute approximate surface area is 131 Å². The van der Waals surface area contributed by atoms with Crippen molar-refractivity contribution in [1.82, 2.24) is 15.0 Å². The zero-order valence-electron chi connectivity index (χ0n) is 12.7. The average molecular weight is 319 g/mol. The lowest BCUT2D eigenvalue weighted by atomic mass is 9.81. The van der Waals surface area contributed by atoms with Crippen LogP contribution in [0.1, 0.15) is 19.8 Å². The summed E-state index contributed by atoms with van der Waals surface area (Å²) in [4.78, 5) is 4.48. The largest absolute Gasteiger partial charge is 0.317 e. The molecular formula is C16H21N3O2S. The first-order valence-electron chi connectivity index (χ1n) is 7.54. The highest BCUT2D eigenvalue weighted by Crippen LogP contribution is 2.28. The van der Waals surface area contributed by atoms with E-state index in [4.69, 9.17) is 0 Å². The molecule has 3 rings (SSSR count). The monoisotopic (exact) mass is 319 g/mol.